The van der Waals surface area contributed by atoms with E-state index in [0.29, 0.717) is 57.8 Å². The molecule has 288 valence electrons. The lowest BCUT2D eigenvalue weighted by molar-refractivity contribution is -0.144. The Kier molecular flexibility index (Phi) is 36.1. The third-order valence-corrected chi connectivity index (χ3v) is 9.81. The Morgan fingerprint density at radius 2 is 1.39 bits per heavy atom. The van der Waals surface area contributed by atoms with Crippen LogP contribution in [0.3, 0.4) is 0 Å². The summed E-state index contributed by atoms with van der Waals surface area (Å²) in [6, 6.07) is -0.423. The van der Waals surface area contributed by atoms with Gasteiger partial charge in [0, 0.05) is 57.2 Å². The molecule has 0 aliphatic heterocycles. The highest BCUT2D eigenvalue weighted by atomic mass is 32.2. The van der Waals surface area contributed by atoms with Crippen molar-refractivity contribution >= 4 is 29.5 Å². The molecule has 0 aromatic rings. The second-order valence-corrected chi connectivity index (χ2v) is 14.1. The van der Waals surface area contributed by atoms with Gasteiger partial charge >= 0.3 is 5.97 Å². The number of carbonyl (C=O) groups is 1. The van der Waals surface area contributed by atoms with Gasteiger partial charge in [-0.1, -0.05) is 30.4 Å². The first-order chi connectivity index (χ1) is 23.9. The molecule has 0 rings (SSSR count). The molecule has 0 aliphatic rings. The maximum atomic E-state index is 11.6. The molecule has 5 atom stereocenters. The van der Waals surface area contributed by atoms with E-state index in [9.17, 15) is 20.1 Å². The lowest BCUT2D eigenvalue weighted by Gasteiger charge is -2.25. The van der Waals surface area contributed by atoms with Crippen molar-refractivity contribution in [1.29, 1.82) is 0 Å². The van der Waals surface area contributed by atoms with Crippen LogP contribution in [0.5, 0.6) is 0 Å². The number of hydrogen-bond donors (Lipinski definition) is 6. The summed E-state index contributed by atoms with van der Waals surface area (Å²) in [6.45, 7) is 7.99. The number of hydrogen-bond acceptors (Lipinski definition) is 13. The normalized spacial score (nSPS) is 15.1. The molecule has 0 bridgehead atoms. The van der Waals surface area contributed by atoms with Crippen LogP contribution in [0, 0.1) is 5.92 Å². The van der Waals surface area contributed by atoms with Gasteiger partial charge in [0.2, 0.25) is 0 Å². The molecule has 0 amide bonds. The second kappa shape index (κ2) is 36.8. The predicted molar refractivity (Wildman–Crippen MR) is 203 cm³/mol. The Morgan fingerprint density at radius 1 is 0.755 bits per heavy atom. The number of aliphatic hydroxyl groups is 4. The monoisotopic (exact) mass is 736 g/mol. The minimum absolute atomic E-state index is 0.0104. The van der Waals surface area contributed by atoms with E-state index < -0.39 is 18.2 Å². The SMILES string of the molecule is C=CC(C/C=C/CCC(O)C(CO)NCCSCCC(=O)OCCOC)CCC(NCCSCCCOCCOC)C(O)CC/C=C/CO. The van der Waals surface area contributed by atoms with Crippen molar-refractivity contribution in [2.45, 2.75) is 82.1 Å². The smallest absolute Gasteiger partial charge is 0.306 e. The predicted octanol–water partition coefficient (Wildman–Crippen LogP) is 3.35. The fourth-order valence-corrected chi connectivity index (χ4v) is 6.37. The maximum Gasteiger partial charge on any atom is 0.306 e. The number of rotatable bonds is 37. The van der Waals surface area contributed by atoms with Gasteiger partial charge in [-0.2, -0.15) is 23.5 Å². The Bertz CT molecular complexity index is 810. The van der Waals surface area contributed by atoms with Crippen LogP contribution in [0.2, 0.25) is 0 Å². The van der Waals surface area contributed by atoms with Crippen LogP contribution in [-0.2, 0) is 23.7 Å². The first kappa shape index (κ1) is 48.0. The van der Waals surface area contributed by atoms with Crippen LogP contribution in [-0.4, -0.2) is 147 Å². The minimum atomic E-state index is -0.668. The van der Waals surface area contributed by atoms with Crippen molar-refractivity contribution in [2.24, 2.45) is 5.92 Å². The van der Waals surface area contributed by atoms with Crippen LogP contribution in [0.4, 0.5) is 0 Å². The highest BCUT2D eigenvalue weighted by molar-refractivity contribution is 7.99. The van der Waals surface area contributed by atoms with E-state index in [1.807, 2.05) is 23.9 Å². The van der Waals surface area contributed by atoms with E-state index >= 15 is 0 Å². The van der Waals surface area contributed by atoms with Crippen LogP contribution >= 0.6 is 23.5 Å². The lowest BCUT2D eigenvalue weighted by Crippen LogP contribution is -2.43. The molecule has 0 aromatic heterocycles. The number of thioether (sulfide) groups is 2. The van der Waals surface area contributed by atoms with E-state index in [2.05, 4.69) is 29.4 Å². The van der Waals surface area contributed by atoms with Gasteiger partial charge in [-0.05, 0) is 63.0 Å². The Hall–Kier alpha value is -0.970. The zero-order chi connectivity index (χ0) is 36.2. The van der Waals surface area contributed by atoms with Crippen LogP contribution in [0.15, 0.2) is 37.0 Å². The van der Waals surface area contributed by atoms with Crippen molar-refractivity contribution in [2.75, 3.05) is 96.6 Å². The number of methoxy groups -OCH3 is 2. The molecule has 0 heterocycles. The molecule has 6 N–H and O–H groups in total. The highest BCUT2D eigenvalue weighted by Crippen LogP contribution is 2.19. The summed E-state index contributed by atoms with van der Waals surface area (Å²) in [5.41, 5.74) is 0. The average Bonchev–Trinajstić information content (AvgIpc) is 3.10. The topological polar surface area (TPSA) is 159 Å². The standard InChI is InChI=1S/C36H68N2O9S2/c1-4-31(12-7-5-8-14-35(42)33(30-40)38-19-29-49-27-17-36(43)47-25-23-45-3)15-16-32(34(41)13-9-6-10-20-39)37-18-28-48-26-11-21-46-24-22-44-2/h4-7,10,31-35,37-42H,1,8-9,11-30H2,2-3H3/b7-5+,10-6+. The van der Waals surface area contributed by atoms with Gasteiger partial charge in [-0.3, -0.25) is 4.79 Å². The van der Waals surface area contributed by atoms with Crippen molar-refractivity contribution in [1.82, 2.24) is 10.6 Å². The van der Waals surface area contributed by atoms with E-state index in [1.165, 1.54) is 0 Å². The van der Waals surface area contributed by atoms with Gasteiger partial charge < -0.3 is 50.0 Å². The van der Waals surface area contributed by atoms with E-state index in [4.69, 9.17) is 24.1 Å². The molecule has 0 fully saturated rings. The summed E-state index contributed by atoms with van der Waals surface area (Å²) >= 11 is 3.50. The highest BCUT2D eigenvalue weighted by Gasteiger charge is 2.20. The first-order valence-corrected chi connectivity index (χ1v) is 20.1. The molecule has 49 heavy (non-hydrogen) atoms. The second-order valence-electron chi connectivity index (χ2n) is 11.7. The van der Waals surface area contributed by atoms with Gasteiger partial charge in [0.15, 0.2) is 0 Å². The summed E-state index contributed by atoms with van der Waals surface area (Å²) in [5, 5.41) is 47.1. The molecule has 11 nitrogen and oxygen atoms in total. The Labute approximate surface area is 305 Å². The Balaban J connectivity index is 4.45. The molecule has 5 unspecified atom stereocenters. The van der Waals surface area contributed by atoms with Gasteiger partial charge in [0.05, 0.1) is 57.7 Å². The van der Waals surface area contributed by atoms with Crippen LogP contribution in [0.25, 0.3) is 0 Å². The fraction of sp³-hybridized carbons (Fsp3) is 0.806. The fourth-order valence-electron chi connectivity index (χ4n) is 4.81. The molecular weight excluding hydrogens is 669 g/mol. The van der Waals surface area contributed by atoms with Crippen molar-refractivity contribution in [3.63, 3.8) is 0 Å². The lowest BCUT2D eigenvalue weighted by atomic mass is 9.93. The van der Waals surface area contributed by atoms with Gasteiger partial charge in [-0.15, -0.1) is 6.58 Å². The van der Waals surface area contributed by atoms with E-state index in [1.54, 1.807) is 32.1 Å². The summed E-state index contributed by atoms with van der Waals surface area (Å²) in [6.07, 6.45) is 15.1. The van der Waals surface area contributed by atoms with E-state index in [0.717, 1.165) is 62.5 Å². The number of carbonyl (C=O) groups excluding carboxylic acids is 1. The average molecular weight is 737 g/mol. The van der Waals surface area contributed by atoms with Crippen LogP contribution < -0.4 is 10.6 Å². The quantitative estimate of drug-likeness (QED) is 0.0314. The molecule has 0 spiro atoms. The molecule has 0 radical (unpaired) electrons. The third kappa shape index (κ3) is 30.4. The first-order valence-electron chi connectivity index (χ1n) is 17.8. The third-order valence-electron chi connectivity index (χ3n) is 7.76. The van der Waals surface area contributed by atoms with Crippen molar-refractivity contribution < 1.29 is 44.2 Å². The summed E-state index contributed by atoms with van der Waals surface area (Å²) in [5.74, 6) is 3.45. The minimum Gasteiger partial charge on any atom is -0.463 e. The van der Waals surface area contributed by atoms with Crippen molar-refractivity contribution in [3.05, 3.63) is 37.0 Å². The largest absolute Gasteiger partial charge is 0.463 e. The summed E-state index contributed by atoms with van der Waals surface area (Å²) in [7, 11) is 3.23. The van der Waals surface area contributed by atoms with Crippen LogP contribution in [0.1, 0.15) is 57.8 Å². The van der Waals surface area contributed by atoms with Gasteiger partial charge in [0.25, 0.3) is 0 Å². The van der Waals surface area contributed by atoms with Gasteiger partial charge in [0.1, 0.15) is 6.61 Å². The molecule has 0 saturated carbocycles. The van der Waals surface area contributed by atoms with Gasteiger partial charge in [-0.25, -0.2) is 0 Å². The summed E-state index contributed by atoms with van der Waals surface area (Å²) < 4.78 is 20.4. The summed E-state index contributed by atoms with van der Waals surface area (Å²) in [4.78, 5) is 11.6. The number of nitrogens with one attached hydrogen (secondary N) is 2. The molecule has 0 aromatic carbocycles. The molecule has 13 heteroatoms. The number of aliphatic hydroxyl groups excluding tert-OH is 4. The zero-order valence-electron chi connectivity index (χ0n) is 30.2. The Morgan fingerprint density at radius 3 is 2.04 bits per heavy atom. The molecule has 0 saturated heterocycles. The number of esters is 1. The zero-order valence-corrected chi connectivity index (χ0v) is 31.8. The maximum absolute atomic E-state index is 11.6. The van der Waals surface area contributed by atoms with E-state index in [-0.39, 0.29) is 37.7 Å². The molecule has 0 aliphatic carbocycles. The number of allylic oxidation sites excluding steroid dienone is 4. The molecular formula is C36H68N2O9S2. The van der Waals surface area contributed by atoms with Crippen molar-refractivity contribution in [3.8, 4) is 0 Å². The number of ether oxygens (including phenoxy) is 4.